The van der Waals surface area contributed by atoms with Crippen molar-refractivity contribution in [1.82, 2.24) is 9.88 Å². The molecule has 3 rings (SSSR count). The lowest BCUT2D eigenvalue weighted by Gasteiger charge is -2.22. The van der Waals surface area contributed by atoms with Crippen molar-refractivity contribution < 1.29 is 13.2 Å². The number of pyridine rings is 1. The van der Waals surface area contributed by atoms with Crippen LogP contribution in [-0.4, -0.2) is 36.6 Å². The number of anilines is 1. The van der Waals surface area contributed by atoms with Gasteiger partial charge in [-0.25, -0.2) is 4.98 Å². The predicted molar refractivity (Wildman–Crippen MR) is 85.2 cm³/mol. The summed E-state index contributed by atoms with van der Waals surface area (Å²) in [7, 11) is 3.59. The third-order valence-corrected chi connectivity index (χ3v) is 5.36. The minimum Gasteiger partial charge on any atom is -0.373 e. The smallest absolute Gasteiger partial charge is 0.373 e. The summed E-state index contributed by atoms with van der Waals surface area (Å²) >= 11 is 6.41. The molecule has 0 amide bonds. The summed E-state index contributed by atoms with van der Waals surface area (Å²) in [6, 6.07) is 2.57. The average Bonchev–Trinajstić information content (AvgIpc) is 2.97. The van der Waals surface area contributed by atoms with Crippen molar-refractivity contribution in [3.8, 4) is 0 Å². The molecule has 4 atom stereocenters. The van der Waals surface area contributed by atoms with Gasteiger partial charge in [0.2, 0.25) is 0 Å². The van der Waals surface area contributed by atoms with Gasteiger partial charge in [-0.3, -0.25) is 4.90 Å². The van der Waals surface area contributed by atoms with Crippen molar-refractivity contribution in [2.24, 2.45) is 17.8 Å². The highest BCUT2D eigenvalue weighted by Crippen LogP contribution is 2.55. The van der Waals surface area contributed by atoms with Gasteiger partial charge in [0.1, 0.15) is 11.5 Å². The first kappa shape index (κ1) is 16.6. The van der Waals surface area contributed by atoms with Crippen LogP contribution >= 0.6 is 11.6 Å². The van der Waals surface area contributed by atoms with Crippen molar-refractivity contribution in [1.29, 1.82) is 0 Å². The van der Waals surface area contributed by atoms with Gasteiger partial charge in [0.15, 0.2) is 0 Å². The van der Waals surface area contributed by atoms with Crippen molar-refractivity contribution in [3.05, 3.63) is 29.5 Å². The largest absolute Gasteiger partial charge is 0.433 e. The van der Waals surface area contributed by atoms with E-state index < -0.39 is 11.9 Å². The SMILES string of the molecule is CNc1nc(C(F)(F)F)ccc1/C(Cl)=C/C1C2C(C)C2CN1C. The second kappa shape index (κ2) is 5.67. The quantitative estimate of drug-likeness (QED) is 0.900. The van der Waals surface area contributed by atoms with Gasteiger partial charge >= 0.3 is 6.18 Å². The zero-order chi connectivity index (χ0) is 16.9. The zero-order valence-corrected chi connectivity index (χ0v) is 13.9. The van der Waals surface area contributed by atoms with Gasteiger partial charge in [0.25, 0.3) is 0 Å². The Labute approximate surface area is 138 Å². The third-order valence-electron chi connectivity index (χ3n) is 5.03. The fraction of sp³-hybridized carbons (Fsp3) is 0.562. The molecule has 23 heavy (non-hydrogen) atoms. The molecule has 1 aromatic heterocycles. The Bertz CT molecular complexity index is 644. The molecule has 0 spiro atoms. The Kier molecular flexibility index (Phi) is 4.09. The molecular weight excluding hydrogens is 327 g/mol. The lowest BCUT2D eigenvalue weighted by molar-refractivity contribution is -0.141. The van der Waals surface area contributed by atoms with E-state index in [4.69, 9.17) is 11.6 Å². The number of rotatable bonds is 3. The fourth-order valence-electron chi connectivity index (χ4n) is 3.66. The van der Waals surface area contributed by atoms with Gasteiger partial charge in [0, 0.05) is 30.2 Å². The predicted octanol–water partition coefficient (Wildman–Crippen LogP) is 3.92. The highest BCUT2D eigenvalue weighted by atomic mass is 35.5. The molecular formula is C16H19ClF3N3. The number of aromatic nitrogens is 1. The van der Waals surface area contributed by atoms with E-state index in [1.54, 1.807) is 0 Å². The number of nitrogens with one attached hydrogen (secondary N) is 1. The van der Waals surface area contributed by atoms with E-state index in [2.05, 4.69) is 22.1 Å². The topological polar surface area (TPSA) is 28.2 Å². The number of fused-ring (bicyclic) bond motifs is 1. The molecule has 1 aliphatic carbocycles. The zero-order valence-electron chi connectivity index (χ0n) is 13.2. The Morgan fingerprint density at radius 1 is 1.43 bits per heavy atom. The summed E-state index contributed by atoms with van der Waals surface area (Å²) < 4.78 is 38.3. The van der Waals surface area contributed by atoms with Crippen LogP contribution in [0.2, 0.25) is 0 Å². The highest BCUT2D eigenvalue weighted by molar-refractivity contribution is 6.49. The van der Waals surface area contributed by atoms with Crippen LogP contribution in [0.4, 0.5) is 19.0 Å². The van der Waals surface area contributed by atoms with E-state index in [0.717, 1.165) is 12.6 Å². The first-order valence-corrected chi connectivity index (χ1v) is 7.95. The van der Waals surface area contributed by atoms with Crippen LogP contribution in [-0.2, 0) is 6.18 Å². The Morgan fingerprint density at radius 3 is 2.70 bits per heavy atom. The molecule has 1 saturated heterocycles. The molecule has 7 heteroatoms. The monoisotopic (exact) mass is 345 g/mol. The number of likely N-dealkylation sites (tertiary alicyclic amines) is 1. The minimum atomic E-state index is -4.47. The maximum absolute atomic E-state index is 12.8. The van der Waals surface area contributed by atoms with Crippen LogP contribution in [0.5, 0.6) is 0 Å². The molecule has 1 N–H and O–H groups in total. The van der Waals surface area contributed by atoms with E-state index in [1.165, 1.54) is 13.1 Å². The van der Waals surface area contributed by atoms with Gasteiger partial charge in [-0.2, -0.15) is 13.2 Å². The molecule has 4 unspecified atom stereocenters. The molecule has 1 aromatic rings. The number of hydrogen-bond acceptors (Lipinski definition) is 3. The molecule has 0 aromatic carbocycles. The van der Waals surface area contributed by atoms with Gasteiger partial charge in [-0.1, -0.05) is 18.5 Å². The highest BCUT2D eigenvalue weighted by Gasteiger charge is 2.56. The van der Waals surface area contributed by atoms with E-state index in [0.29, 0.717) is 28.3 Å². The molecule has 1 aliphatic heterocycles. The second-order valence-electron chi connectivity index (χ2n) is 6.39. The van der Waals surface area contributed by atoms with Crippen LogP contribution in [0.15, 0.2) is 18.2 Å². The van der Waals surface area contributed by atoms with Gasteiger partial charge in [0.05, 0.1) is 0 Å². The standard InChI is InChI=1S/C16H19ClF3N3/c1-8-10-7-23(3)12(14(8)10)6-11(17)9-4-5-13(16(18,19)20)22-15(9)21-2/h4-6,8,10,12,14H,7H2,1-3H3,(H,21,22)/b11-6-. The Morgan fingerprint density at radius 2 is 2.13 bits per heavy atom. The molecule has 2 aliphatic rings. The third kappa shape index (κ3) is 2.94. The van der Waals surface area contributed by atoms with Crippen LogP contribution < -0.4 is 5.32 Å². The molecule has 2 heterocycles. The lowest BCUT2D eigenvalue weighted by atomic mass is 10.1. The summed E-state index contributed by atoms with van der Waals surface area (Å²) in [5, 5.41) is 3.14. The molecule has 126 valence electrons. The van der Waals surface area contributed by atoms with Gasteiger partial charge in [-0.05, 0) is 43.0 Å². The number of alkyl halides is 3. The number of hydrogen-bond donors (Lipinski definition) is 1. The van der Waals surface area contributed by atoms with Crippen molar-refractivity contribution >= 4 is 22.5 Å². The van der Waals surface area contributed by atoms with E-state index in [1.807, 2.05) is 13.1 Å². The maximum atomic E-state index is 12.8. The lowest BCUT2D eigenvalue weighted by Crippen LogP contribution is -2.29. The molecule has 0 radical (unpaired) electrons. The average molecular weight is 346 g/mol. The number of nitrogens with zero attached hydrogens (tertiary/aromatic N) is 2. The Balaban J connectivity index is 1.90. The minimum absolute atomic E-state index is 0.141. The summed E-state index contributed by atoms with van der Waals surface area (Å²) in [4.78, 5) is 5.89. The molecule has 1 saturated carbocycles. The van der Waals surface area contributed by atoms with Crippen molar-refractivity contribution in [3.63, 3.8) is 0 Å². The van der Waals surface area contributed by atoms with Gasteiger partial charge in [-0.15, -0.1) is 0 Å². The fourth-order valence-corrected chi connectivity index (χ4v) is 3.94. The summed E-state index contributed by atoms with van der Waals surface area (Å²) in [6.45, 7) is 3.27. The number of likely N-dealkylation sites (N-methyl/N-ethyl adjacent to an activating group) is 1. The second-order valence-corrected chi connectivity index (χ2v) is 6.79. The van der Waals surface area contributed by atoms with Crippen LogP contribution in [0.1, 0.15) is 18.2 Å². The maximum Gasteiger partial charge on any atom is 0.433 e. The first-order chi connectivity index (χ1) is 10.7. The van der Waals surface area contributed by atoms with E-state index in [-0.39, 0.29) is 11.9 Å². The van der Waals surface area contributed by atoms with Crippen molar-refractivity contribution in [2.45, 2.75) is 19.1 Å². The summed E-state index contributed by atoms with van der Waals surface area (Å²) in [5.74, 6) is 2.13. The molecule has 3 nitrogen and oxygen atoms in total. The normalized spacial score (nSPS) is 31.2. The summed E-state index contributed by atoms with van der Waals surface area (Å²) in [6.07, 6.45) is -2.52. The van der Waals surface area contributed by atoms with Crippen LogP contribution in [0, 0.1) is 17.8 Å². The molecule has 0 bridgehead atoms. The first-order valence-electron chi connectivity index (χ1n) is 7.58. The van der Waals surface area contributed by atoms with Gasteiger partial charge < -0.3 is 5.32 Å². The van der Waals surface area contributed by atoms with Crippen LogP contribution in [0.25, 0.3) is 5.03 Å². The molecule has 2 fully saturated rings. The van der Waals surface area contributed by atoms with Crippen molar-refractivity contribution in [2.75, 3.05) is 26.0 Å². The Hall–Kier alpha value is -1.27. The summed E-state index contributed by atoms with van der Waals surface area (Å²) in [5.41, 5.74) is -0.434. The van der Waals surface area contributed by atoms with E-state index >= 15 is 0 Å². The van der Waals surface area contributed by atoms with E-state index in [9.17, 15) is 13.2 Å². The number of halogens is 4. The number of piperidine rings is 1. The van der Waals surface area contributed by atoms with Crippen LogP contribution in [0.3, 0.4) is 0 Å².